The number of H-pyrrole nitrogens is 1. The minimum absolute atomic E-state index is 0.0240. The fraction of sp³-hybridized carbons (Fsp3) is 0.538. The van der Waals surface area contributed by atoms with Crippen molar-refractivity contribution in [2.24, 2.45) is 5.92 Å². The van der Waals surface area contributed by atoms with Gasteiger partial charge in [-0.15, -0.1) is 0 Å². The number of aromatic amines is 1. The molecule has 1 fully saturated rings. The number of hydrogen-bond acceptors (Lipinski definition) is 2. The Kier molecular flexibility index (Phi) is 3.78. The fourth-order valence-corrected chi connectivity index (χ4v) is 2.42. The average molecular weight is 265 g/mol. The van der Waals surface area contributed by atoms with E-state index in [-0.39, 0.29) is 11.7 Å². The number of nitrogens with one attached hydrogen (secondary N) is 2. The van der Waals surface area contributed by atoms with Gasteiger partial charge < -0.3 is 20.3 Å². The van der Waals surface area contributed by atoms with Gasteiger partial charge in [0.1, 0.15) is 5.69 Å². The number of anilines is 1. The predicted molar refractivity (Wildman–Crippen MR) is 71.5 cm³/mol. The monoisotopic (exact) mass is 265 g/mol. The summed E-state index contributed by atoms with van der Waals surface area (Å²) in [7, 11) is 0. The number of hydrogen-bond donors (Lipinski definition) is 3. The number of carboxylic acid groups (broad SMARTS) is 1. The van der Waals surface area contributed by atoms with Crippen molar-refractivity contribution in [2.45, 2.75) is 26.7 Å². The van der Waals surface area contributed by atoms with Crippen LogP contribution in [0, 0.1) is 12.8 Å². The highest BCUT2D eigenvalue weighted by Gasteiger charge is 2.23. The maximum absolute atomic E-state index is 12.1. The van der Waals surface area contributed by atoms with Crippen LogP contribution >= 0.6 is 0 Å². The number of amides is 2. The molecule has 6 nitrogen and oxygen atoms in total. The second-order valence-corrected chi connectivity index (χ2v) is 5.17. The number of carboxylic acids is 1. The molecule has 2 heterocycles. The smallest absolute Gasteiger partial charge is 0.354 e. The highest BCUT2D eigenvalue weighted by Crippen LogP contribution is 2.20. The maximum Gasteiger partial charge on any atom is 0.354 e. The van der Waals surface area contributed by atoms with Crippen molar-refractivity contribution in [2.75, 3.05) is 18.4 Å². The van der Waals surface area contributed by atoms with Crippen molar-refractivity contribution in [3.8, 4) is 0 Å². The van der Waals surface area contributed by atoms with Gasteiger partial charge in [-0.25, -0.2) is 9.59 Å². The highest BCUT2D eigenvalue weighted by atomic mass is 16.4. The van der Waals surface area contributed by atoms with E-state index in [1.165, 1.54) is 0 Å². The van der Waals surface area contributed by atoms with Crippen LogP contribution in [0.15, 0.2) is 6.07 Å². The number of aromatic nitrogens is 1. The third-order valence-electron chi connectivity index (χ3n) is 3.35. The Morgan fingerprint density at radius 1 is 1.53 bits per heavy atom. The van der Waals surface area contributed by atoms with E-state index < -0.39 is 5.97 Å². The lowest BCUT2D eigenvalue weighted by atomic mass is 10.0. The number of likely N-dealkylation sites (tertiary alicyclic amines) is 1. The summed E-state index contributed by atoms with van der Waals surface area (Å²) in [6.07, 6.45) is 2.12. The minimum atomic E-state index is -1.07. The second-order valence-electron chi connectivity index (χ2n) is 5.17. The zero-order valence-electron chi connectivity index (χ0n) is 11.2. The van der Waals surface area contributed by atoms with Crippen LogP contribution in [0.4, 0.5) is 10.5 Å². The van der Waals surface area contributed by atoms with E-state index in [0.29, 0.717) is 17.3 Å². The molecule has 2 rings (SSSR count). The Morgan fingerprint density at radius 3 is 2.89 bits per heavy atom. The summed E-state index contributed by atoms with van der Waals surface area (Å²) in [6, 6.07) is 1.41. The third-order valence-corrected chi connectivity index (χ3v) is 3.35. The first-order valence-electron chi connectivity index (χ1n) is 6.46. The van der Waals surface area contributed by atoms with E-state index >= 15 is 0 Å². The van der Waals surface area contributed by atoms with Crippen LogP contribution in [0.5, 0.6) is 0 Å². The van der Waals surface area contributed by atoms with E-state index in [0.717, 1.165) is 25.9 Å². The molecule has 1 aromatic rings. The van der Waals surface area contributed by atoms with Gasteiger partial charge in [0.15, 0.2) is 0 Å². The van der Waals surface area contributed by atoms with Crippen LogP contribution in [0.3, 0.4) is 0 Å². The van der Waals surface area contributed by atoms with E-state index in [1.807, 2.05) is 0 Å². The number of aromatic carboxylic acids is 1. The lowest BCUT2D eigenvalue weighted by molar-refractivity contribution is 0.0692. The molecular weight excluding hydrogens is 246 g/mol. The largest absolute Gasteiger partial charge is 0.477 e. The van der Waals surface area contributed by atoms with Gasteiger partial charge in [0.2, 0.25) is 0 Å². The van der Waals surface area contributed by atoms with E-state index in [2.05, 4.69) is 17.2 Å². The zero-order chi connectivity index (χ0) is 14.0. The third kappa shape index (κ3) is 3.07. The normalized spacial score (nSPS) is 19.3. The Morgan fingerprint density at radius 2 is 2.26 bits per heavy atom. The summed E-state index contributed by atoms with van der Waals surface area (Å²) in [6.45, 7) is 5.31. The SMILES string of the molecule is Cc1cc(NC(=O)N2CCCC(C)C2)c(C(=O)O)[nH]1. The summed E-state index contributed by atoms with van der Waals surface area (Å²) >= 11 is 0. The van der Waals surface area contributed by atoms with Gasteiger partial charge in [0.25, 0.3) is 0 Å². The Hall–Kier alpha value is -1.98. The van der Waals surface area contributed by atoms with Crippen molar-refractivity contribution >= 4 is 17.7 Å². The van der Waals surface area contributed by atoms with Gasteiger partial charge in [0, 0.05) is 18.8 Å². The molecule has 3 N–H and O–H groups in total. The Balaban J connectivity index is 2.08. The number of carbonyl (C=O) groups excluding carboxylic acids is 1. The quantitative estimate of drug-likeness (QED) is 0.766. The second kappa shape index (κ2) is 5.34. The standard InChI is InChI=1S/C13H19N3O3/c1-8-4-3-5-16(7-8)13(19)15-10-6-9(2)14-11(10)12(17)18/h6,8,14H,3-5,7H2,1-2H3,(H,15,19)(H,17,18). The fourth-order valence-electron chi connectivity index (χ4n) is 2.42. The first kappa shape index (κ1) is 13.5. The van der Waals surface area contributed by atoms with Crippen molar-refractivity contribution in [1.82, 2.24) is 9.88 Å². The van der Waals surface area contributed by atoms with Crippen molar-refractivity contribution < 1.29 is 14.7 Å². The highest BCUT2D eigenvalue weighted by molar-refractivity contribution is 5.99. The van der Waals surface area contributed by atoms with Crippen LogP contribution in [0.2, 0.25) is 0 Å². The maximum atomic E-state index is 12.1. The molecule has 104 valence electrons. The Labute approximate surface area is 111 Å². The van der Waals surface area contributed by atoms with Gasteiger partial charge in [-0.2, -0.15) is 0 Å². The number of piperidine rings is 1. The number of rotatable bonds is 2. The van der Waals surface area contributed by atoms with Crippen LogP contribution in [0.1, 0.15) is 35.9 Å². The van der Waals surface area contributed by atoms with Crippen LogP contribution in [0.25, 0.3) is 0 Å². The molecule has 1 atom stereocenters. The Bertz CT molecular complexity index is 495. The molecular formula is C13H19N3O3. The molecule has 1 unspecified atom stereocenters. The number of nitrogens with zero attached hydrogens (tertiary/aromatic N) is 1. The molecule has 1 aliphatic heterocycles. The van der Waals surface area contributed by atoms with Crippen LogP contribution < -0.4 is 5.32 Å². The number of urea groups is 1. The molecule has 6 heteroatoms. The number of aryl methyl sites for hydroxylation is 1. The first-order chi connectivity index (χ1) is 8.97. The van der Waals surface area contributed by atoms with Gasteiger partial charge in [-0.05, 0) is 31.7 Å². The molecule has 1 aliphatic rings. The zero-order valence-corrected chi connectivity index (χ0v) is 11.2. The van der Waals surface area contributed by atoms with Crippen LogP contribution in [-0.2, 0) is 0 Å². The predicted octanol–water partition coefficient (Wildman–Crippen LogP) is 2.29. The lowest BCUT2D eigenvalue weighted by Crippen LogP contribution is -2.41. The van der Waals surface area contributed by atoms with Gasteiger partial charge in [-0.1, -0.05) is 6.92 Å². The first-order valence-corrected chi connectivity index (χ1v) is 6.46. The average Bonchev–Trinajstić information content (AvgIpc) is 2.70. The number of carbonyl (C=O) groups is 2. The van der Waals surface area contributed by atoms with E-state index in [4.69, 9.17) is 5.11 Å². The molecule has 1 aromatic heterocycles. The van der Waals surface area contributed by atoms with Crippen molar-refractivity contribution in [1.29, 1.82) is 0 Å². The summed E-state index contributed by atoms with van der Waals surface area (Å²) < 4.78 is 0. The molecule has 1 saturated heterocycles. The van der Waals surface area contributed by atoms with Crippen molar-refractivity contribution in [3.63, 3.8) is 0 Å². The molecule has 0 radical (unpaired) electrons. The summed E-state index contributed by atoms with van der Waals surface area (Å²) in [5, 5.41) is 11.7. The summed E-state index contributed by atoms with van der Waals surface area (Å²) in [5.74, 6) is -0.582. The van der Waals surface area contributed by atoms with Crippen molar-refractivity contribution in [3.05, 3.63) is 17.5 Å². The van der Waals surface area contributed by atoms with Crippen LogP contribution in [-0.4, -0.2) is 40.1 Å². The van der Waals surface area contributed by atoms with Gasteiger partial charge in [0.05, 0.1) is 5.69 Å². The minimum Gasteiger partial charge on any atom is -0.477 e. The molecule has 0 saturated carbocycles. The topological polar surface area (TPSA) is 85.4 Å². The molecule has 0 spiro atoms. The van der Waals surface area contributed by atoms with Gasteiger partial charge >= 0.3 is 12.0 Å². The van der Waals surface area contributed by atoms with E-state index in [9.17, 15) is 9.59 Å². The summed E-state index contributed by atoms with van der Waals surface area (Å²) in [4.78, 5) is 27.6. The van der Waals surface area contributed by atoms with Gasteiger partial charge in [-0.3, -0.25) is 0 Å². The molecule has 19 heavy (non-hydrogen) atoms. The lowest BCUT2D eigenvalue weighted by Gasteiger charge is -2.30. The van der Waals surface area contributed by atoms with E-state index in [1.54, 1.807) is 17.9 Å². The molecule has 0 aromatic carbocycles. The molecule has 0 bridgehead atoms. The summed E-state index contributed by atoms with van der Waals surface area (Å²) in [5.41, 5.74) is 1.06. The molecule has 2 amide bonds. The molecule has 0 aliphatic carbocycles.